The second kappa shape index (κ2) is 10.4. The zero-order valence-corrected chi connectivity index (χ0v) is 12.8. The minimum absolute atomic E-state index is 0.154. The highest BCUT2D eigenvalue weighted by atomic mass is 16.1. The summed E-state index contributed by atoms with van der Waals surface area (Å²) in [7, 11) is 0. The Hall–Kier alpha value is -1.35. The van der Waals surface area contributed by atoms with Crippen molar-refractivity contribution in [2.75, 3.05) is 19.6 Å². The Morgan fingerprint density at radius 3 is 2.55 bits per heavy atom. The normalized spacial score (nSPS) is 10.8. The first-order valence-electron chi connectivity index (χ1n) is 7.70. The van der Waals surface area contributed by atoms with Crippen LogP contribution >= 0.6 is 0 Å². The molecule has 0 atom stereocenters. The van der Waals surface area contributed by atoms with Crippen LogP contribution in [-0.4, -0.2) is 25.5 Å². The lowest BCUT2D eigenvalue weighted by atomic mass is 10.1. The third kappa shape index (κ3) is 8.70. The summed E-state index contributed by atoms with van der Waals surface area (Å²) in [5.41, 5.74) is 1.38. The Morgan fingerprint density at radius 2 is 1.85 bits per heavy atom. The maximum absolute atomic E-state index is 11.5. The molecule has 0 bridgehead atoms. The van der Waals surface area contributed by atoms with Crippen LogP contribution in [0.1, 0.15) is 38.7 Å². The molecule has 1 aromatic carbocycles. The number of benzene rings is 1. The van der Waals surface area contributed by atoms with Gasteiger partial charge in [-0.05, 0) is 37.3 Å². The molecule has 3 nitrogen and oxygen atoms in total. The first-order valence-corrected chi connectivity index (χ1v) is 7.70. The summed E-state index contributed by atoms with van der Waals surface area (Å²) in [5, 5.41) is 6.28. The lowest BCUT2D eigenvalue weighted by Gasteiger charge is -2.08. The number of hydrogen-bond donors (Lipinski definition) is 2. The summed E-state index contributed by atoms with van der Waals surface area (Å²) < 4.78 is 0. The molecule has 0 unspecified atom stereocenters. The maximum Gasteiger partial charge on any atom is 0.221 e. The van der Waals surface area contributed by atoms with Crippen LogP contribution < -0.4 is 10.6 Å². The molecule has 0 heterocycles. The molecule has 0 spiro atoms. The molecule has 0 fully saturated rings. The zero-order valence-electron chi connectivity index (χ0n) is 12.8. The molecular formula is C17H28N2O. The second-order valence-electron chi connectivity index (χ2n) is 5.62. The molecule has 0 radical (unpaired) electrons. The van der Waals surface area contributed by atoms with Gasteiger partial charge in [0.05, 0.1) is 0 Å². The van der Waals surface area contributed by atoms with Crippen molar-refractivity contribution in [1.29, 1.82) is 0 Å². The number of nitrogens with one attached hydrogen (secondary N) is 2. The molecule has 1 amide bonds. The maximum atomic E-state index is 11.5. The van der Waals surface area contributed by atoms with Crippen molar-refractivity contribution in [3.05, 3.63) is 35.9 Å². The van der Waals surface area contributed by atoms with Crippen LogP contribution in [0.3, 0.4) is 0 Å². The summed E-state index contributed by atoms with van der Waals surface area (Å²) >= 11 is 0. The van der Waals surface area contributed by atoms with E-state index in [1.54, 1.807) is 0 Å². The van der Waals surface area contributed by atoms with Gasteiger partial charge in [-0.15, -0.1) is 0 Å². The molecule has 0 saturated carbocycles. The molecule has 112 valence electrons. The molecule has 0 aliphatic carbocycles. The number of rotatable bonds is 10. The molecule has 0 aliphatic heterocycles. The molecule has 0 aliphatic rings. The topological polar surface area (TPSA) is 41.1 Å². The lowest BCUT2D eigenvalue weighted by Crippen LogP contribution is -2.29. The van der Waals surface area contributed by atoms with E-state index in [9.17, 15) is 4.79 Å². The van der Waals surface area contributed by atoms with E-state index < -0.39 is 0 Å². The Kier molecular flexibility index (Phi) is 8.72. The van der Waals surface area contributed by atoms with Gasteiger partial charge in [-0.25, -0.2) is 0 Å². The van der Waals surface area contributed by atoms with Crippen molar-refractivity contribution in [1.82, 2.24) is 10.6 Å². The van der Waals surface area contributed by atoms with Crippen molar-refractivity contribution in [2.24, 2.45) is 5.92 Å². The van der Waals surface area contributed by atoms with Crippen LogP contribution in [0, 0.1) is 5.92 Å². The van der Waals surface area contributed by atoms with Crippen molar-refractivity contribution in [2.45, 2.75) is 39.5 Å². The molecule has 0 saturated heterocycles. The first kappa shape index (κ1) is 16.7. The highest BCUT2D eigenvalue weighted by Crippen LogP contribution is 2.01. The molecule has 1 rings (SSSR count). The predicted octanol–water partition coefficient (Wildman–Crippen LogP) is 2.76. The molecular weight excluding hydrogens is 248 g/mol. The molecule has 3 heteroatoms. The Bertz CT molecular complexity index is 363. The minimum Gasteiger partial charge on any atom is -0.356 e. The summed E-state index contributed by atoms with van der Waals surface area (Å²) in [5.74, 6) is 0.799. The van der Waals surface area contributed by atoms with Crippen LogP contribution in [0.2, 0.25) is 0 Å². The standard InChI is InChI=1S/C17H28N2O/c1-15(2)10-14-19-17(20)11-13-18-12-6-9-16-7-4-3-5-8-16/h3-5,7-8,15,18H,6,9-14H2,1-2H3,(H,19,20). The van der Waals surface area contributed by atoms with E-state index in [4.69, 9.17) is 0 Å². The first-order chi connectivity index (χ1) is 9.68. The van der Waals surface area contributed by atoms with Gasteiger partial charge in [0, 0.05) is 19.5 Å². The van der Waals surface area contributed by atoms with Crippen LogP contribution in [0.4, 0.5) is 0 Å². The summed E-state index contributed by atoms with van der Waals surface area (Å²) in [6.45, 7) is 6.86. The van der Waals surface area contributed by atoms with Gasteiger partial charge in [0.25, 0.3) is 0 Å². The van der Waals surface area contributed by atoms with Gasteiger partial charge >= 0.3 is 0 Å². The fourth-order valence-corrected chi connectivity index (χ4v) is 1.98. The third-order valence-corrected chi connectivity index (χ3v) is 3.23. The van der Waals surface area contributed by atoms with Gasteiger partial charge < -0.3 is 10.6 Å². The average molecular weight is 276 g/mol. The van der Waals surface area contributed by atoms with Crippen molar-refractivity contribution >= 4 is 5.91 Å². The minimum atomic E-state index is 0.154. The average Bonchev–Trinajstić information content (AvgIpc) is 2.43. The van der Waals surface area contributed by atoms with E-state index in [1.807, 2.05) is 6.07 Å². The Balaban J connectivity index is 1.93. The molecule has 0 aromatic heterocycles. The van der Waals surface area contributed by atoms with E-state index in [0.717, 1.165) is 38.9 Å². The van der Waals surface area contributed by atoms with Crippen LogP contribution in [0.15, 0.2) is 30.3 Å². The van der Waals surface area contributed by atoms with E-state index in [-0.39, 0.29) is 5.91 Å². The van der Waals surface area contributed by atoms with E-state index in [1.165, 1.54) is 5.56 Å². The van der Waals surface area contributed by atoms with E-state index >= 15 is 0 Å². The number of carbonyl (C=O) groups excluding carboxylic acids is 1. The predicted molar refractivity (Wildman–Crippen MR) is 84.7 cm³/mol. The van der Waals surface area contributed by atoms with Crippen molar-refractivity contribution in [3.8, 4) is 0 Å². The van der Waals surface area contributed by atoms with Crippen LogP contribution in [0.5, 0.6) is 0 Å². The largest absolute Gasteiger partial charge is 0.356 e. The van der Waals surface area contributed by atoms with Gasteiger partial charge in [0.1, 0.15) is 0 Å². The van der Waals surface area contributed by atoms with Crippen molar-refractivity contribution in [3.63, 3.8) is 0 Å². The fourth-order valence-electron chi connectivity index (χ4n) is 1.98. The van der Waals surface area contributed by atoms with Crippen LogP contribution in [-0.2, 0) is 11.2 Å². The Labute approximate surface area is 123 Å². The zero-order chi connectivity index (χ0) is 14.6. The number of hydrogen-bond acceptors (Lipinski definition) is 2. The van der Waals surface area contributed by atoms with Crippen molar-refractivity contribution < 1.29 is 4.79 Å². The van der Waals surface area contributed by atoms with E-state index in [0.29, 0.717) is 12.3 Å². The Morgan fingerprint density at radius 1 is 1.10 bits per heavy atom. The molecule has 1 aromatic rings. The number of amides is 1. The van der Waals surface area contributed by atoms with Gasteiger partial charge in [0.15, 0.2) is 0 Å². The van der Waals surface area contributed by atoms with Crippen LogP contribution in [0.25, 0.3) is 0 Å². The lowest BCUT2D eigenvalue weighted by molar-refractivity contribution is -0.121. The number of aryl methyl sites for hydroxylation is 1. The fraction of sp³-hybridized carbons (Fsp3) is 0.588. The van der Waals surface area contributed by atoms with Gasteiger partial charge in [-0.1, -0.05) is 44.2 Å². The summed E-state index contributed by atoms with van der Waals surface area (Å²) in [6, 6.07) is 10.5. The SMILES string of the molecule is CC(C)CCNC(=O)CCNCCCc1ccccc1. The van der Waals surface area contributed by atoms with E-state index in [2.05, 4.69) is 48.7 Å². The summed E-state index contributed by atoms with van der Waals surface area (Å²) in [4.78, 5) is 11.5. The molecule has 20 heavy (non-hydrogen) atoms. The monoisotopic (exact) mass is 276 g/mol. The number of carbonyl (C=O) groups is 1. The molecule has 2 N–H and O–H groups in total. The highest BCUT2D eigenvalue weighted by molar-refractivity contribution is 5.75. The smallest absolute Gasteiger partial charge is 0.221 e. The highest BCUT2D eigenvalue weighted by Gasteiger charge is 2.01. The quantitative estimate of drug-likeness (QED) is 0.645. The third-order valence-electron chi connectivity index (χ3n) is 3.23. The second-order valence-corrected chi connectivity index (χ2v) is 5.62. The van der Waals surface area contributed by atoms with Gasteiger partial charge in [0.2, 0.25) is 5.91 Å². The summed E-state index contributed by atoms with van der Waals surface area (Å²) in [6.07, 6.45) is 3.83. The van der Waals surface area contributed by atoms with Gasteiger partial charge in [-0.2, -0.15) is 0 Å². The van der Waals surface area contributed by atoms with Gasteiger partial charge in [-0.3, -0.25) is 4.79 Å².